The molecule has 48 heavy (non-hydrogen) atoms. The molecule has 0 aliphatic rings. The fourth-order valence-electron chi connectivity index (χ4n) is 7.04. The van der Waals surface area contributed by atoms with Gasteiger partial charge in [0.1, 0.15) is 0 Å². The van der Waals surface area contributed by atoms with E-state index in [1.165, 1.54) is 65.7 Å². The molecule has 224 valence electrons. The first-order valence-electron chi connectivity index (χ1n) is 16.3. The summed E-state index contributed by atoms with van der Waals surface area (Å²) >= 11 is 0. The van der Waals surface area contributed by atoms with E-state index >= 15 is 0 Å². The van der Waals surface area contributed by atoms with Gasteiger partial charge in [0.15, 0.2) is 0 Å². The summed E-state index contributed by atoms with van der Waals surface area (Å²) in [5.41, 5.74) is 11.8. The van der Waals surface area contributed by atoms with Crippen LogP contribution >= 0.6 is 0 Å². The lowest BCUT2D eigenvalue weighted by Gasteiger charge is -2.14. The molecule has 0 amide bonds. The molecule has 0 unspecified atom stereocenters. The lowest BCUT2D eigenvalue weighted by molar-refractivity contribution is 1.33. The molecule has 0 N–H and O–H groups in total. The Balaban J connectivity index is 1.20. The molecule has 0 fully saturated rings. The van der Waals surface area contributed by atoms with Gasteiger partial charge in [0, 0.05) is 24.8 Å². The molecule has 0 bridgehead atoms. The van der Waals surface area contributed by atoms with Crippen molar-refractivity contribution in [1.29, 1.82) is 0 Å². The van der Waals surface area contributed by atoms with E-state index in [9.17, 15) is 0 Å². The molecule has 2 heterocycles. The van der Waals surface area contributed by atoms with Crippen LogP contribution in [0.5, 0.6) is 0 Å². The Bertz CT molecular complexity index is 2530. The van der Waals surface area contributed by atoms with Crippen molar-refractivity contribution in [2.45, 2.75) is 0 Å². The van der Waals surface area contributed by atoms with Crippen molar-refractivity contribution in [1.82, 2.24) is 9.97 Å². The minimum absolute atomic E-state index is 1.14. The van der Waals surface area contributed by atoms with Crippen LogP contribution in [0, 0.1) is 0 Å². The topological polar surface area (TPSA) is 25.8 Å². The number of nitrogens with zero attached hydrogens (tertiary/aromatic N) is 2. The van der Waals surface area contributed by atoms with Crippen molar-refractivity contribution >= 4 is 32.3 Å². The first kappa shape index (κ1) is 27.9. The van der Waals surface area contributed by atoms with Gasteiger partial charge in [-0.25, -0.2) is 0 Å². The molecule has 0 saturated heterocycles. The van der Waals surface area contributed by atoms with Gasteiger partial charge in [-0.3, -0.25) is 9.97 Å². The van der Waals surface area contributed by atoms with Crippen LogP contribution in [0.15, 0.2) is 183 Å². The minimum Gasteiger partial charge on any atom is -0.265 e. The highest BCUT2D eigenvalue weighted by Crippen LogP contribution is 2.40. The molecule has 7 aromatic carbocycles. The van der Waals surface area contributed by atoms with Crippen LogP contribution in [-0.4, -0.2) is 9.97 Å². The highest BCUT2D eigenvalue weighted by Gasteiger charge is 2.13. The van der Waals surface area contributed by atoms with Crippen molar-refractivity contribution in [3.05, 3.63) is 183 Å². The largest absolute Gasteiger partial charge is 0.265 e. The van der Waals surface area contributed by atoms with Crippen LogP contribution in [0.2, 0.25) is 0 Å². The highest BCUT2D eigenvalue weighted by atomic mass is 14.6. The van der Waals surface area contributed by atoms with Gasteiger partial charge in [-0.15, -0.1) is 0 Å². The molecule has 0 aliphatic carbocycles. The molecule has 0 atom stereocenters. The summed E-state index contributed by atoms with van der Waals surface area (Å²) in [7, 11) is 0. The van der Waals surface area contributed by atoms with Gasteiger partial charge in [-0.05, 0) is 149 Å². The van der Waals surface area contributed by atoms with E-state index in [1.807, 2.05) is 24.8 Å². The predicted octanol–water partition coefficient (Wildman–Crippen LogP) is 12.3. The van der Waals surface area contributed by atoms with Gasteiger partial charge in [-0.1, -0.05) is 97.1 Å². The third-order valence-electron chi connectivity index (χ3n) is 9.43. The standard InChI is InChI=1S/C46H30N2/c1-2-7-31(8-3-1)36-13-16-44-45(29-36)42-12-5-4-11-41(42)43-15-14-37(30-46(43)44)34-9-6-10-35(25-34)40-27-38(32-17-21-47-22-18-32)26-39(28-40)33-19-23-48-24-20-33/h1-30H. The number of aromatic nitrogens is 2. The van der Waals surface area contributed by atoms with E-state index in [4.69, 9.17) is 0 Å². The maximum absolute atomic E-state index is 4.24. The summed E-state index contributed by atoms with van der Waals surface area (Å²) in [6, 6.07) is 57.3. The number of fused-ring (bicyclic) bond motifs is 6. The monoisotopic (exact) mass is 610 g/mol. The van der Waals surface area contributed by atoms with Crippen LogP contribution in [0.3, 0.4) is 0 Å². The molecule has 2 nitrogen and oxygen atoms in total. The van der Waals surface area contributed by atoms with E-state index in [-0.39, 0.29) is 0 Å². The zero-order valence-electron chi connectivity index (χ0n) is 26.2. The van der Waals surface area contributed by atoms with E-state index in [0.29, 0.717) is 0 Å². The second-order valence-electron chi connectivity index (χ2n) is 12.3. The highest BCUT2D eigenvalue weighted by molar-refractivity contribution is 6.26. The average Bonchev–Trinajstić information content (AvgIpc) is 3.18. The Hall–Kier alpha value is -6.38. The average molecular weight is 611 g/mol. The number of hydrogen-bond acceptors (Lipinski definition) is 2. The minimum atomic E-state index is 1.14. The summed E-state index contributed by atoms with van der Waals surface area (Å²) in [5, 5.41) is 7.66. The Morgan fingerprint density at radius 1 is 0.208 bits per heavy atom. The van der Waals surface area contributed by atoms with Crippen LogP contribution in [0.4, 0.5) is 0 Å². The molecule has 9 rings (SSSR count). The summed E-state index contributed by atoms with van der Waals surface area (Å²) in [5.74, 6) is 0. The quantitative estimate of drug-likeness (QED) is 0.181. The van der Waals surface area contributed by atoms with E-state index in [0.717, 1.165) is 22.3 Å². The van der Waals surface area contributed by atoms with Gasteiger partial charge < -0.3 is 0 Å². The van der Waals surface area contributed by atoms with E-state index in [2.05, 4.69) is 168 Å². The maximum Gasteiger partial charge on any atom is 0.0273 e. The predicted molar refractivity (Wildman–Crippen MR) is 202 cm³/mol. The molecular formula is C46H30N2. The second kappa shape index (κ2) is 11.8. The van der Waals surface area contributed by atoms with Gasteiger partial charge in [-0.2, -0.15) is 0 Å². The fraction of sp³-hybridized carbons (Fsp3) is 0. The molecule has 0 spiro atoms. The Labute approximate surface area is 279 Å². The fourth-order valence-corrected chi connectivity index (χ4v) is 7.04. The van der Waals surface area contributed by atoms with Gasteiger partial charge in [0.05, 0.1) is 0 Å². The first-order valence-corrected chi connectivity index (χ1v) is 16.3. The zero-order valence-corrected chi connectivity index (χ0v) is 26.2. The van der Waals surface area contributed by atoms with Gasteiger partial charge >= 0.3 is 0 Å². The third kappa shape index (κ3) is 5.01. The number of hydrogen-bond donors (Lipinski definition) is 0. The van der Waals surface area contributed by atoms with Crippen molar-refractivity contribution in [3.63, 3.8) is 0 Å². The summed E-state index contributed by atoms with van der Waals surface area (Å²) in [6.07, 6.45) is 7.40. The van der Waals surface area contributed by atoms with Crippen LogP contribution in [0.1, 0.15) is 0 Å². The van der Waals surface area contributed by atoms with Crippen LogP contribution in [0.25, 0.3) is 88.0 Å². The van der Waals surface area contributed by atoms with E-state index in [1.54, 1.807) is 0 Å². The Kier molecular flexibility index (Phi) is 6.84. The summed E-state index contributed by atoms with van der Waals surface area (Å²) in [4.78, 5) is 8.49. The normalized spacial score (nSPS) is 11.3. The Morgan fingerprint density at radius 3 is 1.15 bits per heavy atom. The smallest absolute Gasteiger partial charge is 0.0273 e. The lowest BCUT2D eigenvalue weighted by Crippen LogP contribution is -1.88. The molecule has 2 heteroatoms. The molecule has 0 saturated carbocycles. The second-order valence-corrected chi connectivity index (χ2v) is 12.3. The summed E-state index contributed by atoms with van der Waals surface area (Å²) in [6.45, 7) is 0. The Morgan fingerprint density at radius 2 is 0.562 bits per heavy atom. The number of rotatable bonds is 5. The van der Waals surface area contributed by atoms with Crippen LogP contribution in [-0.2, 0) is 0 Å². The van der Waals surface area contributed by atoms with Crippen molar-refractivity contribution in [3.8, 4) is 55.6 Å². The van der Waals surface area contributed by atoms with Crippen LogP contribution < -0.4 is 0 Å². The maximum atomic E-state index is 4.24. The molecule has 0 radical (unpaired) electrons. The van der Waals surface area contributed by atoms with Crippen molar-refractivity contribution < 1.29 is 0 Å². The molecule has 9 aromatic rings. The van der Waals surface area contributed by atoms with Crippen molar-refractivity contribution in [2.75, 3.05) is 0 Å². The van der Waals surface area contributed by atoms with E-state index < -0.39 is 0 Å². The number of benzene rings is 7. The molecule has 2 aromatic heterocycles. The first-order chi connectivity index (χ1) is 23.8. The van der Waals surface area contributed by atoms with Crippen molar-refractivity contribution in [2.24, 2.45) is 0 Å². The SMILES string of the molecule is c1ccc(-c2ccc3c(c2)c2ccccc2c2ccc(-c4cccc(-c5cc(-c6ccncc6)cc(-c6ccncc6)c5)c4)cc23)cc1. The van der Waals surface area contributed by atoms with Gasteiger partial charge in [0.2, 0.25) is 0 Å². The third-order valence-corrected chi connectivity index (χ3v) is 9.43. The molecular weight excluding hydrogens is 581 g/mol. The lowest BCUT2D eigenvalue weighted by atomic mass is 9.89. The summed E-state index contributed by atoms with van der Waals surface area (Å²) < 4.78 is 0. The zero-order chi connectivity index (χ0) is 31.9. The molecule has 0 aliphatic heterocycles. The van der Waals surface area contributed by atoms with Gasteiger partial charge in [0.25, 0.3) is 0 Å². The number of pyridine rings is 2.